The molecule has 7 heteroatoms. The molecule has 29 heavy (non-hydrogen) atoms. The van der Waals surface area contributed by atoms with E-state index in [0.29, 0.717) is 18.0 Å². The molecule has 2 rings (SSSR count). The fraction of sp³-hybridized carbons (Fsp3) is 0.545. The minimum atomic E-state index is -0.553. The van der Waals surface area contributed by atoms with Crippen molar-refractivity contribution < 1.29 is 23.8 Å². The average molecular weight is 468 g/mol. The summed E-state index contributed by atoms with van der Waals surface area (Å²) in [5.74, 6) is 1.16. The molecule has 1 fully saturated rings. The summed E-state index contributed by atoms with van der Waals surface area (Å²) in [5.41, 5.74) is 0.256. The number of ether oxygens (including phenoxy) is 3. The van der Waals surface area contributed by atoms with Crippen LogP contribution in [0.25, 0.3) is 6.08 Å². The molecule has 0 aliphatic carbocycles. The van der Waals surface area contributed by atoms with Crippen LogP contribution in [0.5, 0.6) is 11.5 Å². The van der Waals surface area contributed by atoms with E-state index in [4.69, 9.17) is 14.2 Å². The Morgan fingerprint density at radius 1 is 1.17 bits per heavy atom. The molecule has 1 amide bonds. The van der Waals surface area contributed by atoms with Gasteiger partial charge in [0.15, 0.2) is 17.3 Å². The number of carbonyl (C=O) groups is 2. The number of benzene rings is 1. The number of hydrogen-bond donors (Lipinski definition) is 0. The number of piperidine rings is 1. The number of rotatable bonds is 6. The van der Waals surface area contributed by atoms with E-state index in [2.05, 4.69) is 15.9 Å². The number of nitrogens with zero attached hydrogens (tertiary/aromatic N) is 1. The fourth-order valence-corrected chi connectivity index (χ4v) is 3.71. The lowest BCUT2D eigenvalue weighted by molar-refractivity contribution is -0.115. The van der Waals surface area contributed by atoms with Crippen molar-refractivity contribution in [2.75, 3.05) is 20.8 Å². The van der Waals surface area contributed by atoms with E-state index < -0.39 is 5.60 Å². The summed E-state index contributed by atoms with van der Waals surface area (Å²) >= 11 is 3.49. The molecule has 160 valence electrons. The van der Waals surface area contributed by atoms with Crippen LogP contribution in [0.1, 0.15) is 52.0 Å². The smallest absolute Gasteiger partial charge is 0.410 e. The van der Waals surface area contributed by atoms with Crippen LogP contribution in [-0.4, -0.2) is 49.2 Å². The van der Waals surface area contributed by atoms with Crippen molar-refractivity contribution >= 4 is 33.9 Å². The molecule has 1 aromatic rings. The molecule has 6 nitrogen and oxygen atoms in total. The lowest BCUT2D eigenvalue weighted by atomic mass is 9.97. The first kappa shape index (κ1) is 23.3. The van der Waals surface area contributed by atoms with E-state index in [1.165, 1.54) is 0 Å². The Hall–Kier alpha value is -2.02. The highest BCUT2D eigenvalue weighted by Gasteiger charge is 2.31. The molecule has 1 unspecified atom stereocenters. The molecule has 1 saturated heterocycles. The fourth-order valence-electron chi connectivity index (χ4n) is 3.25. The van der Waals surface area contributed by atoms with Gasteiger partial charge in [-0.2, -0.15) is 0 Å². The van der Waals surface area contributed by atoms with Crippen molar-refractivity contribution in [3.05, 3.63) is 28.2 Å². The highest BCUT2D eigenvalue weighted by Crippen LogP contribution is 2.34. The quantitative estimate of drug-likeness (QED) is 0.535. The van der Waals surface area contributed by atoms with Crippen LogP contribution in [-0.2, 0) is 9.53 Å². The zero-order valence-electron chi connectivity index (χ0n) is 17.8. The first-order valence-corrected chi connectivity index (χ1v) is 10.6. The number of allylic oxidation sites excluding steroid dienone is 1. The van der Waals surface area contributed by atoms with Crippen LogP contribution < -0.4 is 9.47 Å². The minimum absolute atomic E-state index is 0.0351. The Morgan fingerprint density at radius 2 is 1.83 bits per heavy atom. The van der Waals surface area contributed by atoms with Crippen LogP contribution >= 0.6 is 15.9 Å². The van der Waals surface area contributed by atoms with Gasteiger partial charge in [0.1, 0.15) is 5.60 Å². The second kappa shape index (κ2) is 10.1. The van der Waals surface area contributed by atoms with Gasteiger partial charge in [-0.05, 0) is 63.8 Å². The maximum atomic E-state index is 12.6. The summed E-state index contributed by atoms with van der Waals surface area (Å²) in [7, 11) is 3.14. The van der Waals surface area contributed by atoms with E-state index >= 15 is 0 Å². The summed E-state index contributed by atoms with van der Waals surface area (Å²) in [5, 5.41) is 0. The van der Waals surface area contributed by atoms with E-state index in [0.717, 1.165) is 29.3 Å². The maximum Gasteiger partial charge on any atom is 0.410 e. The van der Waals surface area contributed by atoms with Crippen molar-refractivity contribution in [3.63, 3.8) is 0 Å². The molecule has 0 saturated carbocycles. The Balaban J connectivity index is 2.07. The van der Waals surface area contributed by atoms with Gasteiger partial charge in [0.25, 0.3) is 0 Å². The minimum Gasteiger partial charge on any atom is -0.493 e. The third kappa shape index (κ3) is 6.77. The van der Waals surface area contributed by atoms with Crippen molar-refractivity contribution in [3.8, 4) is 11.5 Å². The third-order valence-electron chi connectivity index (χ3n) is 4.64. The van der Waals surface area contributed by atoms with E-state index in [9.17, 15) is 9.59 Å². The highest BCUT2D eigenvalue weighted by molar-refractivity contribution is 9.10. The molecule has 1 atom stereocenters. The number of likely N-dealkylation sites (tertiary alicyclic amines) is 1. The predicted molar refractivity (Wildman–Crippen MR) is 116 cm³/mol. The van der Waals surface area contributed by atoms with Crippen molar-refractivity contribution in [1.82, 2.24) is 4.90 Å². The Morgan fingerprint density at radius 3 is 2.45 bits per heavy atom. The lowest BCUT2D eigenvalue weighted by Crippen LogP contribution is -2.46. The largest absolute Gasteiger partial charge is 0.493 e. The molecule has 0 N–H and O–H groups in total. The summed E-state index contributed by atoms with van der Waals surface area (Å²) in [4.78, 5) is 26.8. The van der Waals surface area contributed by atoms with E-state index in [1.807, 2.05) is 20.8 Å². The van der Waals surface area contributed by atoms with Gasteiger partial charge in [-0.3, -0.25) is 4.79 Å². The summed E-state index contributed by atoms with van der Waals surface area (Å²) in [6, 6.07) is 3.47. The number of amides is 1. The molecule has 1 aliphatic heterocycles. The number of carbonyl (C=O) groups excluding carboxylic acids is 2. The zero-order valence-corrected chi connectivity index (χ0v) is 19.4. The summed E-state index contributed by atoms with van der Waals surface area (Å²) < 4.78 is 16.9. The molecular formula is C22H30BrNO5. The first-order chi connectivity index (χ1) is 13.6. The number of hydrogen-bond acceptors (Lipinski definition) is 5. The van der Waals surface area contributed by atoms with E-state index in [-0.39, 0.29) is 24.3 Å². The van der Waals surface area contributed by atoms with Gasteiger partial charge < -0.3 is 19.1 Å². The molecule has 1 aromatic carbocycles. The van der Waals surface area contributed by atoms with Gasteiger partial charge in [0.2, 0.25) is 0 Å². The lowest BCUT2D eigenvalue weighted by Gasteiger charge is -2.36. The van der Waals surface area contributed by atoms with Crippen LogP contribution in [0.3, 0.4) is 0 Å². The van der Waals surface area contributed by atoms with Crippen molar-refractivity contribution in [1.29, 1.82) is 0 Å². The number of ketones is 1. The van der Waals surface area contributed by atoms with Gasteiger partial charge in [-0.15, -0.1) is 0 Å². The Labute approximate surface area is 181 Å². The topological polar surface area (TPSA) is 65.1 Å². The predicted octanol–water partition coefficient (Wildman–Crippen LogP) is 5.23. The van der Waals surface area contributed by atoms with Gasteiger partial charge in [-0.25, -0.2) is 4.79 Å². The van der Waals surface area contributed by atoms with Crippen LogP contribution in [0.4, 0.5) is 4.79 Å². The molecule has 0 aromatic heterocycles. The molecular weight excluding hydrogens is 438 g/mol. The molecule has 1 aliphatic rings. The zero-order chi connectivity index (χ0) is 21.6. The van der Waals surface area contributed by atoms with Crippen molar-refractivity contribution in [2.45, 2.75) is 58.1 Å². The van der Waals surface area contributed by atoms with Gasteiger partial charge in [-0.1, -0.05) is 22.0 Å². The second-order valence-corrected chi connectivity index (χ2v) is 8.91. The van der Waals surface area contributed by atoms with Gasteiger partial charge in [0, 0.05) is 23.5 Å². The number of halogens is 1. The molecule has 1 heterocycles. The van der Waals surface area contributed by atoms with Crippen molar-refractivity contribution in [2.24, 2.45) is 0 Å². The summed E-state index contributed by atoms with van der Waals surface area (Å²) in [6.07, 6.45) is 5.96. The first-order valence-electron chi connectivity index (χ1n) is 9.76. The Bertz CT molecular complexity index is 769. The van der Waals surface area contributed by atoms with Gasteiger partial charge in [0.05, 0.1) is 14.2 Å². The number of methoxy groups -OCH3 is 2. The monoisotopic (exact) mass is 467 g/mol. The van der Waals surface area contributed by atoms with E-state index in [1.54, 1.807) is 43.4 Å². The molecule has 0 radical (unpaired) electrons. The molecule has 0 bridgehead atoms. The summed E-state index contributed by atoms with van der Waals surface area (Å²) in [6.45, 7) is 6.16. The van der Waals surface area contributed by atoms with Crippen LogP contribution in [0, 0.1) is 0 Å². The standard InChI is InChI=1S/C22H30BrNO5/c1-22(2,3)29-21(26)24-11-7-6-8-16(24)13-17(25)10-9-15-12-19(27-4)20(28-5)14-18(15)23/h9-10,12,14,16H,6-8,11,13H2,1-5H3/b10-9+. The third-order valence-corrected chi connectivity index (χ3v) is 5.33. The maximum absolute atomic E-state index is 12.6. The van der Waals surface area contributed by atoms with Gasteiger partial charge >= 0.3 is 6.09 Å². The van der Waals surface area contributed by atoms with Crippen LogP contribution in [0.15, 0.2) is 22.7 Å². The Kier molecular flexibility index (Phi) is 8.14. The SMILES string of the molecule is COc1cc(Br)c(/C=C/C(=O)CC2CCCCN2C(=O)OC(C)(C)C)cc1OC. The normalized spacial score (nSPS) is 17.3. The highest BCUT2D eigenvalue weighted by atomic mass is 79.9. The second-order valence-electron chi connectivity index (χ2n) is 8.06. The average Bonchev–Trinajstić information content (AvgIpc) is 2.65. The van der Waals surface area contributed by atoms with Crippen LogP contribution in [0.2, 0.25) is 0 Å². The molecule has 0 spiro atoms.